The van der Waals surface area contributed by atoms with Crippen molar-refractivity contribution >= 4 is 37.9 Å². The first-order valence-corrected chi connectivity index (χ1v) is 10.3. The molecule has 4 N–H and O–H groups in total. The van der Waals surface area contributed by atoms with Crippen LogP contribution in [0.15, 0.2) is 29.2 Å². The largest absolute Gasteiger partial charge is 0.481 e. The fourth-order valence-electron chi connectivity index (χ4n) is 2.95. The van der Waals surface area contributed by atoms with Crippen molar-refractivity contribution in [1.29, 1.82) is 0 Å². The van der Waals surface area contributed by atoms with E-state index in [9.17, 15) is 13.2 Å². The number of methoxy groups -OCH3 is 1. The first kappa shape index (κ1) is 20.8. The number of amides is 1. The minimum atomic E-state index is -3.68. The summed E-state index contributed by atoms with van der Waals surface area (Å²) in [5, 5.41) is 1.21. The Hall–Kier alpha value is -2.89. The maximum atomic E-state index is 12.7. The Morgan fingerprint density at radius 1 is 1.28 bits per heavy atom. The zero-order chi connectivity index (χ0) is 21.2. The first-order chi connectivity index (χ1) is 13.7. The molecule has 2 aromatic heterocycles. The summed E-state index contributed by atoms with van der Waals surface area (Å²) in [5.41, 5.74) is 6.17. The molecule has 2 heterocycles. The van der Waals surface area contributed by atoms with Gasteiger partial charge in [-0.15, -0.1) is 0 Å². The second-order valence-corrected chi connectivity index (χ2v) is 8.47. The van der Waals surface area contributed by atoms with Gasteiger partial charge in [0.05, 0.1) is 12.0 Å². The van der Waals surface area contributed by atoms with E-state index in [1.165, 1.54) is 13.2 Å². The highest BCUT2D eigenvalue weighted by Gasteiger charge is 2.19. The Morgan fingerprint density at radius 3 is 2.69 bits per heavy atom. The third-order valence-electron chi connectivity index (χ3n) is 4.29. The first-order valence-electron chi connectivity index (χ1n) is 8.83. The Morgan fingerprint density at radius 2 is 2.03 bits per heavy atom. The number of rotatable bonds is 8. The molecule has 0 fully saturated rings. The number of aromatic nitrogens is 2. The number of aromatic amines is 1. The van der Waals surface area contributed by atoms with Gasteiger partial charge in [-0.3, -0.25) is 0 Å². The van der Waals surface area contributed by atoms with Gasteiger partial charge in [-0.05, 0) is 45.3 Å². The van der Waals surface area contributed by atoms with Crippen LogP contribution in [0.1, 0.15) is 6.42 Å². The third kappa shape index (κ3) is 4.58. The summed E-state index contributed by atoms with van der Waals surface area (Å²) in [7, 11) is 1.60. The summed E-state index contributed by atoms with van der Waals surface area (Å²) in [5.74, 6) is 0.152. The maximum absolute atomic E-state index is 12.7. The number of hydrogen-bond acceptors (Lipinski definition) is 7. The lowest BCUT2D eigenvalue weighted by Gasteiger charge is -2.10. The zero-order valence-electron chi connectivity index (χ0n) is 16.4. The number of ether oxygens (including phenoxy) is 2. The molecule has 0 saturated heterocycles. The van der Waals surface area contributed by atoms with Crippen molar-refractivity contribution in [1.82, 2.24) is 19.6 Å². The maximum Gasteiger partial charge on any atom is 0.411 e. The quantitative estimate of drug-likeness (QED) is 0.467. The summed E-state index contributed by atoms with van der Waals surface area (Å²) < 4.78 is 38.0. The van der Waals surface area contributed by atoms with Crippen molar-refractivity contribution in [2.45, 2.75) is 11.3 Å². The van der Waals surface area contributed by atoms with Crippen LogP contribution in [0.25, 0.3) is 21.8 Å². The molecule has 0 spiro atoms. The number of benzene rings is 1. The Balaban J connectivity index is 2.02. The summed E-state index contributed by atoms with van der Waals surface area (Å²) in [4.78, 5) is 20.5. The van der Waals surface area contributed by atoms with Crippen LogP contribution in [-0.2, 0) is 10.0 Å². The van der Waals surface area contributed by atoms with Crippen molar-refractivity contribution in [2.75, 3.05) is 34.3 Å². The van der Waals surface area contributed by atoms with Crippen molar-refractivity contribution < 1.29 is 22.7 Å². The lowest BCUT2D eigenvalue weighted by atomic mass is 10.2. The molecule has 29 heavy (non-hydrogen) atoms. The van der Waals surface area contributed by atoms with E-state index < -0.39 is 16.1 Å². The second-order valence-electron chi connectivity index (χ2n) is 6.70. The number of nitrogens with two attached hydrogens (primary N) is 1. The van der Waals surface area contributed by atoms with Gasteiger partial charge in [-0.25, -0.2) is 17.9 Å². The van der Waals surface area contributed by atoms with Gasteiger partial charge in [0.2, 0.25) is 15.9 Å². The van der Waals surface area contributed by atoms with Gasteiger partial charge in [0.25, 0.3) is 5.88 Å². The smallest absolute Gasteiger partial charge is 0.411 e. The number of nitrogens with one attached hydrogen (secondary N) is 2. The van der Waals surface area contributed by atoms with Gasteiger partial charge in [-0.2, -0.15) is 4.98 Å². The van der Waals surface area contributed by atoms with Gasteiger partial charge in [0, 0.05) is 28.9 Å². The molecule has 3 rings (SSSR count). The highest BCUT2D eigenvalue weighted by atomic mass is 32.2. The standard InChI is InChI=1S/C18H23N5O5S/c1-23(2)8-4-7-20-29(25,26)11-5-6-14-12(9-11)13-10-15(27-3)22-17(16(13)21-14)28-18(19)24/h5-6,9-10,20-21H,4,7-8H2,1-3H3,(H2,19,24). The fraction of sp³-hybridized carbons (Fsp3) is 0.333. The normalized spacial score (nSPS) is 12.0. The Kier molecular flexibility index (Phi) is 5.91. The topological polar surface area (TPSA) is 140 Å². The van der Waals surface area contributed by atoms with E-state index in [4.69, 9.17) is 15.2 Å². The van der Waals surface area contributed by atoms with Crippen LogP contribution in [0.3, 0.4) is 0 Å². The second kappa shape index (κ2) is 8.23. The number of hydrogen-bond donors (Lipinski definition) is 3. The molecule has 0 bridgehead atoms. The number of carbonyl (C=O) groups excluding carboxylic acids is 1. The molecule has 10 nitrogen and oxygen atoms in total. The number of pyridine rings is 1. The van der Waals surface area contributed by atoms with E-state index in [2.05, 4.69) is 14.7 Å². The van der Waals surface area contributed by atoms with E-state index >= 15 is 0 Å². The Labute approximate surface area is 168 Å². The monoisotopic (exact) mass is 421 g/mol. The molecule has 156 valence electrons. The van der Waals surface area contributed by atoms with Crippen LogP contribution in [0.5, 0.6) is 11.8 Å². The highest BCUT2D eigenvalue weighted by Crippen LogP contribution is 2.34. The molecular formula is C18H23N5O5S. The van der Waals surface area contributed by atoms with E-state index in [1.807, 2.05) is 19.0 Å². The summed E-state index contributed by atoms with van der Waals surface area (Å²) in [6, 6.07) is 6.33. The van der Waals surface area contributed by atoms with E-state index in [0.29, 0.717) is 34.8 Å². The number of H-pyrrole nitrogens is 1. The minimum Gasteiger partial charge on any atom is -0.481 e. The van der Waals surface area contributed by atoms with Crippen molar-refractivity contribution in [3.8, 4) is 11.8 Å². The van der Waals surface area contributed by atoms with E-state index in [-0.39, 0.29) is 16.7 Å². The molecule has 0 aliphatic heterocycles. The average molecular weight is 421 g/mol. The van der Waals surface area contributed by atoms with Crippen LogP contribution in [-0.4, -0.2) is 63.7 Å². The molecule has 0 aliphatic rings. The van der Waals surface area contributed by atoms with Gasteiger partial charge >= 0.3 is 6.09 Å². The summed E-state index contributed by atoms with van der Waals surface area (Å²) >= 11 is 0. The van der Waals surface area contributed by atoms with E-state index in [0.717, 1.165) is 6.54 Å². The number of nitrogens with zero attached hydrogens (tertiary/aromatic N) is 2. The molecule has 1 aromatic carbocycles. The van der Waals surface area contributed by atoms with Crippen molar-refractivity contribution in [3.63, 3.8) is 0 Å². The molecule has 0 radical (unpaired) electrons. The number of sulfonamides is 1. The molecule has 11 heteroatoms. The molecule has 3 aromatic rings. The number of fused-ring (bicyclic) bond motifs is 3. The zero-order valence-corrected chi connectivity index (χ0v) is 17.2. The molecule has 0 unspecified atom stereocenters. The van der Waals surface area contributed by atoms with Gasteiger partial charge < -0.3 is 25.1 Å². The van der Waals surface area contributed by atoms with Crippen LogP contribution >= 0.6 is 0 Å². The van der Waals surface area contributed by atoms with Crippen LogP contribution in [0.2, 0.25) is 0 Å². The van der Waals surface area contributed by atoms with Crippen LogP contribution in [0.4, 0.5) is 4.79 Å². The predicted molar refractivity (Wildman–Crippen MR) is 109 cm³/mol. The Bertz CT molecular complexity index is 1160. The van der Waals surface area contributed by atoms with Gasteiger partial charge in [-0.1, -0.05) is 0 Å². The summed E-state index contributed by atoms with van der Waals surface area (Å²) in [6.45, 7) is 1.11. The fourth-order valence-corrected chi connectivity index (χ4v) is 4.05. The summed E-state index contributed by atoms with van der Waals surface area (Å²) in [6.07, 6.45) is -0.325. The van der Waals surface area contributed by atoms with Crippen LogP contribution in [0, 0.1) is 0 Å². The molecular weight excluding hydrogens is 398 g/mol. The van der Waals surface area contributed by atoms with Gasteiger partial charge in [0.1, 0.15) is 5.52 Å². The number of primary amides is 1. The lowest BCUT2D eigenvalue weighted by molar-refractivity contribution is 0.209. The van der Waals surface area contributed by atoms with Crippen molar-refractivity contribution in [3.05, 3.63) is 24.3 Å². The predicted octanol–water partition coefficient (Wildman–Crippen LogP) is 1.41. The van der Waals surface area contributed by atoms with Crippen LogP contribution < -0.4 is 19.9 Å². The van der Waals surface area contributed by atoms with Gasteiger partial charge in [0.15, 0.2) is 0 Å². The molecule has 1 amide bonds. The molecule has 0 aliphatic carbocycles. The molecule has 0 atom stereocenters. The lowest BCUT2D eigenvalue weighted by Crippen LogP contribution is -2.27. The SMILES string of the molecule is COc1cc2c([nH]c3ccc(S(=O)(=O)NCCCN(C)C)cc32)c(OC(N)=O)n1. The van der Waals surface area contributed by atoms with E-state index in [1.54, 1.807) is 18.2 Å². The average Bonchev–Trinajstić information content (AvgIpc) is 3.03. The molecule has 0 saturated carbocycles. The minimum absolute atomic E-state index is 0.0470. The third-order valence-corrected chi connectivity index (χ3v) is 5.75. The highest BCUT2D eigenvalue weighted by molar-refractivity contribution is 7.89. The van der Waals surface area contributed by atoms with Crippen molar-refractivity contribution in [2.24, 2.45) is 5.73 Å². The number of carbonyl (C=O) groups is 1.